The van der Waals surface area contributed by atoms with Crippen molar-refractivity contribution >= 4 is 5.95 Å². The van der Waals surface area contributed by atoms with E-state index in [0.29, 0.717) is 5.92 Å². The summed E-state index contributed by atoms with van der Waals surface area (Å²) >= 11 is 0. The van der Waals surface area contributed by atoms with Crippen molar-refractivity contribution in [2.45, 2.75) is 26.3 Å². The minimum atomic E-state index is 0.671. The summed E-state index contributed by atoms with van der Waals surface area (Å²) in [5.74, 6) is 1.55. The average Bonchev–Trinajstić information content (AvgIpc) is 2.62. The van der Waals surface area contributed by atoms with E-state index >= 15 is 0 Å². The Kier molecular flexibility index (Phi) is 6.40. The van der Waals surface area contributed by atoms with Crippen LogP contribution in [0, 0.1) is 5.92 Å². The van der Waals surface area contributed by atoms with Gasteiger partial charge in [-0.3, -0.25) is 4.90 Å². The molecule has 1 aromatic heterocycles. The van der Waals surface area contributed by atoms with Crippen LogP contribution in [0.3, 0.4) is 0 Å². The molecule has 3 heterocycles. The van der Waals surface area contributed by atoms with Crippen LogP contribution in [0.4, 0.5) is 5.95 Å². The summed E-state index contributed by atoms with van der Waals surface area (Å²) in [6.07, 6.45) is 6.56. The van der Waals surface area contributed by atoms with Gasteiger partial charge in [0, 0.05) is 63.8 Å². The molecule has 1 atom stereocenters. The summed E-state index contributed by atoms with van der Waals surface area (Å²) in [6.45, 7) is 11.2. The van der Waals surface area contributed by atoms with Crippen LogP contribution < -0.4 is 4.90 Å². The first kappa shape index (κ1) is 17.6. The van der Waals surface area contributed by atoms with Gasteiger partial charge in [-0.05, 0) is 39.3 Å². The minimum Gasteiger partial charge on any atom is -0.381 e. The molecule has 1 unspecified atom stereocenters. The van der Waals surface area contributed by atoms with Crippen LogP contribution >= 0.6 is 0 Å². The Morgan fingerprint density at radius 2 is 1.88 bits per heavy atom. The van der Waals surface area contributed by atoms with Crippen molar-refractivity contribution in [3.63, 3.8) is 0 Å². The Hall–Kier alpha value is -1.24. The molecule has 3 rings (SSSR count). The Bertz CT molecular complexity index is 487. The Labute approximate surface area is 145 Å². The molecule has 2 aliphatic heterocycles. The molecule has 0 radical (unpaired) electrons. The molecule has 24 heavy (non-hydrogen) atoms. The number of rotatable bonds is 6. The zero-order chi connectivity index (χ0) is 16.8. The number of aromatic nitrogens is 2. The number of piperazine rings is 1. The maximum absolute atomic E-state index is 5.60. The number of nitrogens with zero attached hydrogens (tertiary/aromatic N) is 5. The summed E-state index contributed by atoms with van der Waals surface area (Å²) in [4.78, 5) is 16.4. The summed E-state index contributed by atoms with van der Waals surface area (Å²) in [6, 6.07) is 0. The summed E-state index contributed by atoms with van der Waals surface area (Å²) in [7, 11) is 2.17. The molecule has 0 aromatic carbocycles. The molecule has 0 saturated carbocycles. The number of likely N-dealkylation sites (tertiary alicyclic amines) is 1. The lowest BCUT2D eigenvalue weighted by Gasteiger charge is -2.33. The lowest BCUT2D eigenvalue weighted by Crippen LogP contribution is -2.45. The van der Waals surface area contributed by atoms with Gasteiger partial charge in [-0.2, -0.15) is 0 Å². The molecular weight excluding hydrogens is 302 g/mol. The van der Waals surface area contributed by atoms with E-state index in [1.807, 2.05) is 12.4 Å². The van der Waals surface area contributed by atoms with Crippen molar-refractivity contribution in [1.82, 2.24) is 19.8 Å². The third-order valence-electron chi connectivity index (χ3n) is 5.04. The Morgan fingerprint density at radius 3 is 2.58 bits per heavy atom. The number of hydrogen-bond donors (Lipinski definition) is 0. The fraction of sp³-hybridized carbons (Fsp3) is 0.778. The number of hydrogen-bond acceptors (Lipinski definition) is 6. The molecule has 0 amide bonds. The molecule has 2 aliphatic rings. The largest absolute Gasteiger partial charge is 0.381 e. The van der Waals surface area contributed by atoms with Crippen molar-refractivity contribution in [2.24, 2.45) is 5.92 Å². The topological polar surface area (TPSA) is 44.7 Å². The van der Waals surface area contributed by atoms with Crippen molar-refractivity contribution in [3.05, 3.63) is 18.0 Å². The van der Waals surface area contributed by atoms with Crippen molar-refractivity contribution in [1.29, 1.82) is 0 Å². The number of anilines is 1. The van der Waals surface area contributed by atoms with Gasteiger partial charge in [0.1, 0.15) is 0 Å². The predicted molar refractivity (Wildman–Crippen MR) is 96.2 cm³/mol. The Balaban J connectivity index is 1.50. The van der Waals surface area contributed by atoms with Gasteiger partial charge in [0.05, 0.1) is 6.61 Å². The van der Waals surface area contributed by atoms with E-state index in [1.165, 1.54) is 24.9 Å². The molecule has 1 aromatic rings. The minimum absolute atomic E-state index is 0.671. The van der Waals surface area contributed by atoms with Gasteiger partial charge >= 0.3 is 0 Å². The van der Waals surface area contributed by atoms with E-state index in [0.717, 1.165) is 58.4 Å². The predicted octanol–water partition coefficient (Wildman–Crippen LogP) is 1.48. The van der Waals surface area contributed by atoms with E-state index in [4.69, 9.17) is 4.74 Å². The van der Waals surface area contributed by atoms with Crippen LogP contribution in [0.5, 0.6) is 0 Å². The molecule has 0 N–H and O–H groups in total. The molecule has 6 heteroatoms. The summed E-state index contributed by atoms with van der Waals surface area (Å²) in [5, 5.41) is 0. The van der Waals surface area contributed by atoms with Gasteiger partial charge in [0.25, 0.3) is 0 Å². The second-order valence-corrected chi connectivity index (χ2v) is 7.08. The van der Waals surface area contributed by atoms with Crippen LogP contribution in [-0.2, 0) is 11.3 Å². The highest BCUT2D eigenvalue weighted by Crippen LogP contribution is 2.19. The average molecular weight is 333 g/mol. The van der Waals surface area contributed by atoms with Crippen LogP contribution in [0.2, 0.25) is 0 Å². The highest BCUT2D eigenvalue weighted by Gasteiger charge is 2.21. The number of ether oxygens (including phenoxy) is 1. The van der Waals surface area contributed by atoms with Crippen LogP contribution in [-0.4, -0.2) is 79.3 Å². The van der Waals surface area contributed by atoms with Crippen molar-refractivity contribution in [2.75, 3.05) is 64.4 Å². The molecule has 0 spiro atoms. The summed E-state index contributed by atoms with van der Waals surface area (Å²) < 4.78 is 5.60. The lowest BCUT2D eigenvalue weighted by atomic mass is 9.99. The van der Waals surface area contributed by atoms with Gasteiger partial charge in [-0.1, -0.05) is 0 Å². The second-order valence-electron chi connectivity index (χ2n) is 7.08. The standard InChI is InChI=1S/C18H31N5O/c1-3-24-15-16-5-4-6-22(13-16)14-17-11-19-18(20-12-17)23-9-7-21(2)8-10-23/h11-12,16H,3-10,13-15H2,1-2H3. The van der Waals surface area contributed by atoms with Gasteiger partial charge in [-0.15, -0.1) is 0 Å². The normalized spacial score (nSPS) is 23.6. The smallest absolute Gasteiger partial charge is 0.225 e. The molecule has 2 saturated heterocycles. The highest BCUT2D eigenvalue weighted by molar-refractivity contribution is 5.30. The van der Waals surface area contributed by atoms with E-state index in [1.54, 1.807) is 0 Å². The monoisotopic (exact) mass is 333 g/mol. The fourth-order valence-electron chi connectivity index (χ4n) is 3.57. The third kappa shape index (κ3) is 4.88. The van der Waals surface area contributed by atoms with Crippen LogP contribution in [0.1, 0.15) is 25.3 Å². The van der Waals surface area contributed by atoms with Gasteiger partial charge < -0.3 is 14.5 Å². The van der Waals surface area contributed by atoms with E-state index < -0.39 is 0 Å². The van der Waals surface area contributed by atoms with Gasteiger partial charge in [0.15, 0.2) is 0 Å². The van der Waals surface area contributed by atoms with Gasteiger partial charge in [0.2, 0.25) is 5.95 Å². The Morgan fingerprint density at radius 1 is 1.12 bits per heavy atom. The number of piperidine rings is 1. The maximum Gasteiger partial charge on any atom is 0.225 e. The molecule has 0 aliphatic carbocycles. The first-order chi connectivity index (χ1) is 11.7. The number of likely N-dealkylation sites (N-methyl/N-ethyl adjacent to an activating group) is 1. The van der Waals surface area contributed by atoms with Crippen LogP contribution in [0.25, 0.3) is 0 Å². The van der Waals surface area contributed by atoms with Crippen molar-refractivity contribution in [3.8, 4) is 0 Å². The molecule has 0 bridgehead atoms. The fourth-order valence-corrected chi connectivity index (χ4v) is 3.57. The molecule has 6 nitrogen and oxygen atoms in total. The maximum atomic E-state index is 5.60. The first-order valence-corrected chi connectivity index (χ1v) is 9.29. The van der Waals surface area contributed by atoms with E-state index in [-0.39, 0.29) is 0 Å². The van der Waals surface area contributed by atoms with Crippen molar-refractivity contribution < 1.29 is 4.74 Å². The SMILES string of the molecule is CCOCC1CCCN(Cc2cnc(N3CCN(C)CC3)nc2)C1. The van der Waals surface area contributed by atoms with Crippen LogP contribution in [0.15, 0.2) is 12.4 Å². The zero-order valence-corrected chi connectivity index (χ0v) is 15.2. The molecule has 2 fully saturated rings. The van der Waals surface area contributed by atoms with E-state index in [2.05, 4.69) is 38.6 Å². The first-order valence-electron chi connectivity index (χ1n) is 9.29. The molecule has 134 valence electrons. The quantitative estimate of drug-likeness (QED) is 0.786. The highest BCUT2D eigenvalue weighted by atomic mass is 16.5. The van der Waals surface area contributed by atoms with Gasteiger partial charge in [-0.25, -0.2) is 9.97 Å². The third-order valence-corrected chi connectivity index (χ3v) is 5.04. The summed E-state index contributed by atoms with van der Waals surface area (Å²) in [5.41, 5.74) is 1.21. The zero-order valence-electron chi connectivity index (χ0n) is 15.2. The molecular formula is C18H31N5O. The lowest BCUT2D eigenvalue weighted by molar-refractivity contribution is 0.0646. The second kappa shape index (κ2) is 8.74. The van der Waals surface area contributed by atoms with E-state index in [9.17, 15) is 0 Å².